The van der Waals surface area contributed by atoms with Gasteiger partial charge in [0.25, 0.3) is 10.0 Å². The summed E-state index contributed by atoms with van der Waals surface area (Å²) in [6.07, 6.45) is 3.91. The summed E-state index contributed by atoms with van der Waals surface area (Å²) < 4.78 is 33.4. The largest absolute Gasteiger partial charge is 0.440 e. The summed E-state index contributed by atoms with van der Waals surface area (Å²) in [4.78, 5) is 4.44. The molecule has 4 rings (SSSR count). The van der Waals surface area contributed by atoms with Crippen molar-refractivity contribution in [3.8, 4) is 11.3 Å². The lowest BCUT2D eigenvalue weighted by molar-refractivity contribution is 0.509. The van der Waals surface area contributed by atoms with Crippen LogP contribution < -0.4 is 4.72 Å². The number of oxazole rings is 1. The number of hydrogen-bond donors (Lipinski definition) is 1. The van der Waals surface area contributed by atoms with E-state index in [0.29, 0.717) is 22.4 Å². The Morgan fingerprint density at radius 2 is 1.88 bits per heavy atom. The van der Waals surface area contributed by atoms with E-state index >= 15 is 0 Å². The number of benzene rings is 2. The maximum Gasteiger partial charge on any atom is 0.261 e. The minimum absolute atomic E-state index is 0.153. The molecule has 1 N–H and O–H groups in total. The van der Waals surface area contributed by atoms with E-state index in [2.05, 4.69) is 9.71 Å². The fourth-order valence-corrected chi connectivity index (χ4v) is 4.06. The van der Waals surface area contributed by atoms with Gasteiger partial charge in [-0.3, -0.25) is 4.72 Å². The van der Waals surface area contributed by atoms with Gasteiger partial charge in [-0.15, -0.1) is 0 Å². The third-order valence-electron chi connectivity index (χ3n) is 4.27. The van der Waals surface area contributed by atoms with Gasteiger partial charge in [0.05, 0.1) is 21.8 Å². The lowest BCUT2D eigenvalue weighted by Crippen LogP contribution is -2.13. The van der Waals surface area contributed by atoms with Crippen molar-refractivity contribution in [1.82, 2.24) is 4.98 Å². The van der Waals surface area contributed by atoms with Crippen molar-refractivity contribution in [3.05, 3.63) is 65.1 Å². The van der Waals surface area contributed by atoms with Crippen molar-refractivity contribution in [2.24, 2.45) is 0 Å². The third-order valence-corrected chi connectivity index (χ3v) is 5.96. The first kappa shape index (κ1) is 17.1. The summed E-state index contributed by atoms with van der Waals surface area (Å²) in [7, 11) is -3.73. The van der Waals surface area contributed by atoms with Crippen LogP contribution in [0.3, 0.4) is 0 Å². The maximum atomic E-state index is 12.6. The van der Waals surface area contributed by atoms with Crippen LogP contribution in [0.25, 0.3) is 11.3 Å². The summed E-state index contributed by atoms with van der Waals surface area (Å²) in [6.45, 7) is 1.89. The first-order valence-electron chi connectivity index (χ1n) is 8.27. The fourth-order valence-electron chi connectivity index (χ4n) is 2.65. The number of aryl methyl sites for hydroxylation is 1. The van der Waals surface area contributed by atoms with Crippen molar-refractivity contribution in [2.75, 3.05) is 4.72 Å². The molecule has 1 heterocycles. The normalized spacial score (nSPS) is 14.4. The Balaban J connectivity index is 1.56. The number of nitrogens with one attached hydrogen (secondary N) is 1. The van der Waals surface area contributed by atoms with E-state index in [0.717, 1.165) is 29.9 Å². The van der Waals surface area contributed by atoms with E-state index in [1.807, 2.05) is 6.92 Å². The van der Waals surface area contributed by atoms with Crippen LogP contribution in [0.4, 0.5) is 5.69 Å². The van der Waals surface area contributed by atoms with E-state index in [1.165, 1.54) is 0 Å². The predicted molar refractivity (Wildman–Crippen MR) is 101 cm³/mol. The summed E-state index contributed by atoms with van der Waals surface area (Å²) in [5.41, 5.74) is 2.10. The van der Waals surface area contributed by atoms with Gasteiger partial charge in [-0.1, -0.05) is 17.7 Å². The first-order valence-corrected chi connectivity index (χ1v) is 10.1. The van der Waals surface area contributed by atoms with Crippen LogP contribution in [0.1, 0.15) is 30.2 Å². The van der Waals surface area contributed by atoms with Crippen LogP contribution in [0.2, 0.25) is 5.02 Å². The molecule has 0 bridgehead atoms. The molecule has 0 aliphatic heterocycles. The third kappa shape index (κ3) is 3.48. The second-order valence-electron chi connectivity index (χ2n) is 6.45. The maximum absolute atomic E-state index is 12.6. The van der Waals surface area contributed by atoms with Crippen molar-refractivity contribution >= 4 is 27.3 Å². The standard InChI is InChI=1S/C19H17ClN2O3S/c1-12-2-9-17(16(20)10-12)22-26(23,24)15-7-5-13(6-8-15)18-11-21-19(25-18)14-3-4-14/h2,5-11,14,22H,3-4H2,1H3. The highest BCUT2D eigenvalue weighted by atomic mass is 35.5. The Kier molecular flexibility index (Phi) is 4.25. The lowest BCUT2D eigenvalue weighted by Gasteiger charge is -2.10. The average Bonchev–Trinajstić information content (AvgIpc) is 3.35. The summed E-state index contributed by atoms with van der Waals surface area (Å²) >= 11 is 6.11. The van der Waals surface area contributed by atoms with Crippen LogP contribution in [0.15, 0.2) is 58.0 Å². The molecule has 0 radical (unpaired) electrons. The molecule has 0 unspecified atom stereocenters. The van der Waals surface area contributed by atoms with Gasteiger partial charge >= 0.3 is 0 Å². The highest BCUT2D eigenvalue weighted by molar-refractivity contribution is 7.92. The van der Waals surface area contributed by atoms with E-state index in [9.17, 15) is 8.42 Å². The molecule has 134 valence electrons. The predicted octanol–water partition coefficient (Wildman–Crippen LogP) is 4.98. The Morgan fingerprint density at radius 3 is 2.54 bits per heavy atom. The molecule has 1 aliphatic rings. The molecule has 1 aromatic heterocycles. The molecule has 1 saturated carbocycles. The monoisotopic (exact) mass is 388 g/mol. The second-order valence-corrected chi connectivity index (χ2v) is 8.54. The van der Waals surface area contributed by atoms with E-state index in [4.69, 9.17) is 16.0 Å². The number of nitrogens with zero attached hydrogens (tertiary/aromatic N) is 1. The van der Waals surface area contributed by atoms with Gasteiger partial charge in [-0.05, 0) is 61.7 Å². The van der Waals surface area contributed by atoms with Gasteiger partial charge < -0.3 is 4.42 Å². The number of aromatic nitrogens is 1. The Labute approximate surface area is 157 Å². The summed E-state index contributed by atoms with van der Waals surface area (Å²) in [5, 5.41) is 0.361. The van der Waals surface area contributed by atoms with Gasteiger partial charge in [0.1, 0.15) is 0 Å². The van der Waals surface area contributed by atoms with Gasteiger partial charge in [0, 0.05) is 11.5 Å². The molecule has 0 amide bonds. The molecular weight excluding hydrogens is 372 g/mol. The lowest BCUT2D eigenvalue weighted by atomic mass is 10.2. The smallest absolute Gasteiger partial charge is 0.261 e. The zero-order valence-corrected chi connectivity index (χ0v) is 15.6. The Morgan fingerprint density at radius 1 is 1.15 bits per heavy atom. The summed E-state index contributed by atoms with van der Waals surface area (Å²) in [5.74, 6) is 1.84. The molecule has 1 fully saturated rings. The molecule has 1 aliphatic carbocycles. The Hall–Kier alpha value is -2.31. The van der Waals surface area contributed by atoms with Crippen molar-refractivity contribution in [1.29, 1.82) is 0 Å². The molecule has 0 atom stereocenters. The molecule has 5 nitrogen and oxygen atoms in total. The van der Waals surface area contributed by atoms with Gasteiger partial charge in [0.15, 0.2) is 11.7 Å². The number of anilines is 1. The Bertz CT molecular complexity index is 1050. The minimum atomic E-state index is -3.73. The first-order chi connectivity index (χ1) is 12.4. The topological polar surface area (TPSA) is 72.2 Å². The highest BCUT2D eigenvalue weighted by Gasteiger charge is 2.28. The molecule has 3 aromatic rings. The molecule has 7 heteroatoms. The molecule has 0 saturated heterocycles. The zero-order valence-electron chi connectivity index (χ0n) is 14.1. The number of rotatable bonds is 5. The van der Waals surface area contributed by atoms with Crippen LogP contribution in [-0.4, -0.2) is 13.4 Å². The zero-order chi connectivity index (χ0) is 18.3. The second kappa shape index (κ2) is 6.45. The van der Waals surface area contributed by atoms with Crippen LogP contribution in [0, 0.1) is 6.92 Å². The van der Waals surface area contributed by atoms with Gasteiger partial charge in [-0.2, -0.15) is 0 Å². The number of halogens is 1. The van der Waals surface area contributed by atoms with Crippen molar-refractivity contribution in [3.63, 3.8) is 0 Å². The highest BCUT2D eigenvalue weighted by Crippen LogP contribution is 2.40. The molecule has 2 aromatic carbocycles. The average molecular weight is 389 g/mol. The number of sulfonamides is 1. The van der Waals surface area contributed by atoms with Crippen molar-refractivity contribution < 1.29 is 12.8 Å². The van der Waals surface area contributed by atoms with Crippen LogP contribution >= 0.6 is 11.6 Å². The van der Waals surface area contributed by atoms with Crippen molar-refractivity contribution in [2.45, 2.75) is 30.6 Å². The minimum Gasteiger partial charge on any atom is -0.440 e. The summed E-state index contributed by atoms with van der Waals surface area (Å²) in [6, 6.07) is 11.7. The van der Waals surface area contributed by atoms with Gasteiger partial charge in [-0.25, -0.2) is 13.4 Å². The molecule has 26 heavy (non-hydrogen) atoms. The van der Waals surface area contributed by atoms with Crippen LogP contribution in [-0.2, 0) is 10.0 Å². The van der Waals surface area contributed by atoms with E-state index < -0.39 is 10.0 Å². The SMILES string of the molecule is Cc1ccc(NS(=O)(=O)c2ccc(-c3cnc(C4CC4)o3)cc2)c(Cl)c1. The van der Waals surface area contributed by atoms with Gasteiger partial charge in [0.2, 0.25) is 0 Å². The fraction of sp³-hybridized carbons (Fsp3) is 0.211. The molecular formula is C19H17ClN2O3S. The number of hydrogen-bond acceptors (Lipinski definition) is 4. The van der Waals surface area contributed by atoms with E-state index in [-0.39, 0.29) is 4.90 Å². The quantitative estimate of drug-likeness (QED) is 0.668. The van der Waals surface area contributed by atoms with Crippen LogP contribution in [0.5, 0.6) is 0 Å². The van der Waals surface area contributed by atoms with E-state index in [1.54, 1.807) is 48.7 Å². The molecule has 0 spiro atoms.